The van der Waals surface area contributed by atoms with Gasteiger partial charge in [-0.25, -0.2) is 0 Å². The van der Waals surface area contributed by atoms with Crippen molar-refractivity contribution >= 4 is 40.9 Å². The molecule has 0 aliphatic carbocycles. The number of imide groups is 1. The predicted molar refractivity (Wildman–Crippen MR) is 111 cm³/mol. The van der Waals surface area contributed by atoms with E-state index in [-0.39, 0.29) is 23.7 Å². The molecule has 1 saturated heterocycles. The number of carbonyl (C=O) groups excluding carboxylic acids is 4. The highest BCUT2D eigenvalue weighted by Crippen LogP contribution is 2.32. The van der Waals surface area contributed by atoms with Gasteiger partial charge in [0.2, 0.25) is 0 Å². The molecule has 8 nitrogen and oxygen atoms in total. The van der Waals surface area contributed by atoms with Crippen LogP contribution in [0.3, 0.4) is 0 Å². The largest absolute Gasteiger partial charge is 0.545 e. The van der Waals surface area contributed by atoms with Gasteiger partial charge in [-0.1, -0.05) is 30.3 Å². The van der Waals surface area contributed by atoms with Crippen molar-refractivity contribution in [3.05, 3.63) is 70.1 Å². The van der Waals surface area contributed by atoms with E-state index in [2.05, 4.69) is 0 Å². The van der Waals surface area contributed by atoms with Crippen molar-refractivity contribution < 1.29 is 33.8 Å². The van der Waals surface area contributed by atoms with Gasteiger partial charge in [0.15, 0.2) is 0 Å². The number of rotatable bonds is 8. The Morgan fingerprint density at radius 1 is 1.13 bits per heavy atom. The number of aromatic carboxylic acids is 1. The second-order valence-corrected chi connectivity index (χ2v) is 7.41. The van der Waals surface area contributed by atoms with Crippen molar-refractivity contribution in [2.24, 2.45) is 0 Å². The van der Waals surface area contributed by atoms with Gasteiger partial charge in [-0.05, 0) is 59.7 Å². The lowest BCUT2D eigenvalue weighted by Gasteiger charge is -2.10. The quantitative estimate of drug-likeness (QED) is 0.454. The summed E-state index contributed by atoms with van der Waals surface area (Å²) in [6.45, 7) is 1.57. The third-order valence-corrected chi connectivity index (χ3v) is 5.12. The summed E-state index contributed by atoms with van der Waals surface area (Å²) in [5.74, 6) is -1.89. The molecule has 0 spiro atoms. The van der Waals surface area contributed by atoms with Crippen LogP contribution in [0.25, 0.3) is 6.08 Å². The lowest BCUT2D eigenvalue weighted by atomic mass is 10.1. The molecule has 2 aromatic rings. The SMILES string of the molecule is CCOC(=O)CN1C(=O)S/C(=C\c2ccc(OCc3cccc(C(=O)[O-])c3)cc2)C1=O. The van der Waals surface area contributed by atoms with E-state index in [1.165, 1.54) is 12.1 Å². The first-order chi connectivity index (χ1) is 14.9. The molecule has 3 rings (SSSR count). The fourth-order valence-electron chi connectivity index (χ4n) is 2.74. The Morgan fingerprint density at radius 3 is 2.55 bits per heavy atom. The van der Waals surface area contributed by atoms with Gasteiger partial charge in [0.25, 0.3) is 11.1 Å². The average Bonchev–Trinajstić information content (AvgIpc) is 3.01. The Bertz CT molecular complexity index is 1050. The molecule has 1 fully saturated rings. The first-order valence-corrected chi connectivity index (χ1v) is 10.1. The molecule has 0 atom stereocenters. The van der Waals surface area contributed by atoms with Crippen LogP contribution in [-0.4, -0.2) is 41.1 Å². The Kier molecular flexibility index (Phi) is 7.09. The standard InChI is InChI=1S/C22H19NO7S/c1-2-29-19(24)12-23-20(25)18(31-22(23)28)11-14-6-8-17(9-7-14)30-13-15-4-3-5-16(10-15)21(26)27/h3-11H,2,12-13H2,1H3,(H,26,27)/p-1/b18-11-. The Morgan fingerprint density at radius 2 is 1.87 bits per heavy atom. The molecule has 0 saturated carbocycles. The fraction of sp³-hybridized carbons (Fsp3) is 0.182. The number of esters is 1. The Labute approximate surface area is 182 Å². The summed E-state index contributed by atoms with van der Waals surface area (Å²) in [7, 11) is 0. The van der Waals surface area contributed by atoms with E-state index in [0.29, 0.717) is 16.9 Å². The minimum Gasteiger partial charge on any atom is -0.545 e. The van der Waals surface area contributed by atoms with Crippen LogP contribution in [-0.2, 0) is 20.9 Å². The molecule has 0 unspecified atom stereocenters. The Balaban J connectivity index is 1.62. The van der Waals surface area contributed by atoms with Gasteiger partial charge in [0.1, 0.15) is 18.9 Å². The van der Waals surface area contributed by atoms with Crippen LogP contribution in [0.1, 0.15) is 28.4 Å². The third-order valence-electron chi connectivity index (χ3n) is 4.21. The van der Waals surface area contributed by atoms with Crippen LogP contribution in [0.4, 0.5) is 4.79 Å². The summed E-state index contributed by atoms with van der Waals surface area (Å²) in [5, 5.41) is 10.4. The van der Waals surface area contributed by atoms with Crippen LogP contribution >= 0.6 is 11.8 Å². The molecule has 0 N–H and O–H groups in total. The number of carboxylic acids is 1. The van der Waals surface area contributed by atoms with Crippen molar-refractivity contribution in [1.82, 2.24) is 4.90 Å². The number of hydrogen-bond acceptors (Lipinski definition) is 8. The highest BCUT2D eigenvalue weighted by atomic mass is 32.2. The highest BCUT2D eigenvalue weighted by molar-refractivity contribution is 8.18. The van der Waals surface area contributed by atoms with E-state index in [4.69, 9.17) is 9.47 Å². The monoisotopic (exact) mass is 440 g/mol. The molecule has 1 heterocycles. The van der Waals surface area contributed by atoms with E-state index in [1.54, 1.807) is 49.4 Å². The molecule has 0 aromatic heterocycles. The van der Waals surface area contributed by atoms with Crippen molar-refractivity contribution in [3.8, 4) is 5.75 Å². The number of benzene rings is 2. The average molecular weight is 440 g/mol. The van der Waals surface area contributed by atoms with Crippen molar-refractivity contribution in [2.45, 2.75) is 13.5 Å². The van der Waals surface area contributed by atoms with Crippen molar-refractivity contribution in [1.29, 1.82) is 0 Å². The van der Waals surface area contributed by atoms with Crippen LogP contribution in [0.5, 0.6) is 5.75 Å². The maximum atomic E-state index is 12.4. The lowest BCUT2D eigenvalue weighted by Crippen LogP contribution is -2.34. The summed E-state index contributed by atoms with van der Waals surface area (Å²) < 4.78 is 10.4. The van der Waals surface area contributed by atoms with Gasteiger partial charge in [0, 0.05) is 0 Å². The zero-order chi connectivity index (χ0) is 22.4. The molecule has 0 radical (unpaired) electrons. The minimum atomic E-state index is -1.25. The third kappa shape index (κ3) is 5.73. The molecule has 2 amide bonds. The number of carboxylic acid groups (broad SMARTS) is 1. The first kappa shape index (κ1) is 22.1. The van der Waals surface area contributed by atoms with E-state index >= 15 is 0 Å². The number of ether oxygens (including phenoxy) is 2. The molecular weight excluding hydrogens is 422 g/mol. The second kappa shape index (κ2) is 9.94. The summed E-state index contributed by atoms with van der Waals surface area (Å²) >= 11 is 0.759. The van der Waals surface area contributed by atoms with Crippen LogP contribution < -0.4 is 9.84 Å². The number of nitrogens with zero attached hydrogens (tertiary/aromatic N) is 1. The van der Waals surface area contributed by atoms with Crippen LogP contribution in [0.15, 0.2) is 53.4 Å². The lowest BCUT2D eigenvalue weighted by molar-refractivity contribution is -0.255. The molecule has 160 valence electrons. The molecule has 31 heavy (non-hydrogen) atoms. The minimum absolute atomic E-state index is 0.0772. The van der Waals surface area contributed by atoms with Gasteiger partial charge >= 0.3 is 5.97 Å². The first-order valence-electron chi connectivity index (χ1n) is 9.31. The topological polar surface area (TPSA) is 113 Å². The number of carbonyl (C=O) groups is 4. The van der Waals surface area contributed by atoms with E-state index in [1.807, 2.05) is 0 Å². The molecule has 1 aliphatic heterocycles. The molecule has 9 heteroatoms. The maximum absolute atomic E-state index is 12.4. The second-order valence-electron chi connectivity index (χ2n) is 6.42. The van der Waals surface area contributed by atoms with E-state index in [0.717, 1.165) is 16.7 Å². The van der Waals surface area contributed by atoms with E-state index in [9.17, 15) is 24.3 Å². The van der Waals surface area contributed by atoms with Gasteiger partial charge in [0.05, 0.1) is 17.5 Å². The highest BCUT2D eigenvalue weighted by Gasteiger charge is 2.36. The summed E-state index contributed by atoms with van der Waals surface area (Å²) in [5.41, 5.74) is 1.43. The van der Waals surface area contributed by atoms with Gasteiger partial charge in [-0.3, -0.25) is 19.3 Å². The zero-order valence-corrected chi connectivity index (χ0v) is 17.3. The van der Waals surface area contributed by atoms with Gasteiger partial charge < -0.3 is 19.4 Å². The molecule has 2 aromatic carbocycles. The van der Waals surface area contributed by atoms with Crippen molar-refractivity contribution in [3.63, 3.8) is 0 Å². The number of amides is 2. The fourth-order valence-corrected chi connectivity index (χ4v) is 3.58. The molecular formula is C22H18NO7S-. The maximum Gasteiger partial charge on any atom is 0.326 e. The van der Waals surface area contributed by atoms with Crippen LogP contribution in [0.2, 0.25) is 0 Å². The molecule has 0 bridgehead atoms. The molecule has 1 aliphatic rings. The zero-order valence-electron chi connectivity index (χ0n) is 16.5. The van der Waals surface area contributed by atoms with E-state index < -0.39 is 29.6 Å². The summed E-state index contributed by atoms with van der Waals surface area (Å²) in [6.07, 6.45) is 1.56. The van der Waals surface area contributed by atoms with Crippen LogP contribution in [0, 0.1) is 0 Å². The van der Waals surface area contributed by atoms with Gasteiger partial charge in [-0.15, -0.1) is 0 Å². The number of thioether (sulfide) groups is 1. The number of hydrogen-bond donors (Lipinski definition) is 0. The van der Waals surface area contributed by atoms with Crippen molar-refractivity contribution in [2.75, 3.05) is 13.2 Å². The Hall–Kier alpha value is -3.59. The summed E-state index contributed by atoms with van der Waals surface area (Å²) in [4.78, 5) is 48.0. The predicted octanol–water partition coefficient (Wildman–Crippen LogP) is 2.23. The smallest absolute Gasteiger partial charge is 0.326 e. The van der Waals surface area contributed by atoms with Gasteiger partial charge in [-0.2, -0.15) is 0 Å². The summed E-state index contributed by atoms with van der Waals surface area (Å²) in [6, 6.07) is 13.1. The normalized spacial score (nSPS) is 14.7.